The summed E-state index contributed by atoms with van der Waals surface area (Å²) < 4.78 is 0. The highest BCUT2D eigenvalue weighted by Crippen LogP contribution is 2.24. The van der Waals surface area contributed by atoms with Crippen molar-refractivity contribution >= 4 is 11.9 Å². The van der Waals surface area contributed by atoms with Gasteiger partial charge in [0.1, 0.15) is 0 Å². The van der Waals surface area contributed by atoms with Crippen LogP contribution in [0.25, 0.3) is 0 Å². The molecule has 1 aliphatic heterocycles. The van der Waals surface area contributed by atoms with Crippen molar-refractivity contribution in [2.45, 2.75) is 51.6 Å². The lowest BCUT2D eigenvalue weighted by molar-refractivity contribution is -0.131. The minimum atomic E-state index is -0.698. The maximum Gasteiger partial charge on any atom is 0.222 e. The molecule has 1 aliphatic rings. The minimum Gasteiger partial charge on any atom is -0.388 e. The average Bonchev–Trinajstić information content (AvgIpc) is 2.67. The molecule has 0 aliphatic carbocycles. The van der Waals surface area contributed by atoms with Crippen LogP contribution in [0, 0.1) is 13.8 Å². The van der Waals surface area contributed by atoms with Crippen LogP contribution in [0.15, 0.2) is 0 Å². The third-order valence-corrected chi connectivity index (χ3v) is 4.91. The van der Waals surface area contributed by atoms with Crippen LogP contribution in [0.4, 0.5) is 5.95 Å². The van der Waals surface area contributed by atoms with Crippen LogP contribution >= 0.6 is 0 Å². The Hall–Kier alpha value is -1.73. The SMILES string of the molecule is Cc1nc(N)nc(C)c1CCC(=O)N1CCCC(O)(CN(C)C)CC1. The molecule has 1 aromatic heterocycles. The third-order valence-electron chi connectivity index (χ3n) is 4.91. The Morgan fingerprint density at radius 1 is 1.24 bits per heavy atom. The van der Waals surface area contributed by atoms with Gasteiger partial charge in [-0.05, 0) is 59.2 Å². The van der Waals surface area contributed by atoms with E-state index in [0.29, 0.717) is 38.9 Å². The molecule has 3 N–H and O–H groups in total. The molecule has 0 saturated carbocycles. The Bertz CT molecular complexity index is 596. The van der Waals surface area contributed by atoms with E-state index in [2.05, 4.69) is 9.97 Å². The second kappa shape index (κ2) is 8.10. The lowest BCUT2D eigenvalue weighted by atomic mass is 9.94. The lowest BCUT2D eigenvalue weighted by Gasteiger charge is -2.30. The standard InChI is InChI=1S/C18H31N5O2/c1-13-15(14(2)21-17(19)20-13)6-7-16(24)23-10-5-8-18(25,9-11-23)12-22(3)4/h25H,5-12H2,1-4H3,(H2,19,20,21). The Morgan fingerprint density at radius 3 is 2.48 bits per heavy atom. The number of carbonyl (C=O) groups is 1. The van der Waals surface area contributed by atoms with Crippen LogP contribution in [0.1, 0.15) is 42.6 Å². The van der Waals surface area contributed by atoms with Gasteiger partial charge in [-0.3, -0.25) is 4.79 Å². The highest BCUT2D eigenvalue weighted by atomic mass is 16.3. The van der Waals surface area contributed by atoms with E-state index >= 15 is 0 Å². The van der Waals surface area contributed by atoms with Gasteiger partial charge in [0, 0.05) is 37.4 Å². The number of carbonyl (C=O) groups excluding carboxylic acids is 1. The molecular weight excluding hydrogens is 318 g/mol. The van der Waals surface area contributed by atoms with E-state index in [1.807, 2.05) is 37.7 Å². The van der Waals surface area contributed by atoms with Gasteiger partial charge in [0.05, 0.1) is 5.60 Å². The predicted octanol–water partition coefficient (Wildman–Crippen LogP) is 0.913. The molecule has 1 saturated heterocycles. The summed E-state index contributed by atoms with van der Waals surface area (Å²) in [5, 5.41) is 10.7. The number of anilines is 1. The molecule has 0 radical (unpaired) electrons. The smallest absolute Gasteiger partial charge is 0.222 e. The fourth-order valence-corrected chi connectivity index (χ4v) is 3.69. The van der Waals surface area contributed by atoms with Gasteiger partial charge in [-0.2, -0.15) is 0 Å². The quantitative estimate of drug-likeness (QED) is 0.820. The van der Waals surface area contributed by atoms with Gasteiger partial charge in [0.25, 0.3) is 0 Å². The van der Waals surface area contributed by atoms with Crippen molar-refractivity contribution in [1.82, 2.24) is 19.8 Å². The van der Waals surface area contributed by atoms with Gasteiger partial charge in [-0.25, -0.2) is 9.97 Å². The van der Waals surface area contributed by atoms with Crippen molar-refractivity contribution in [2.75, 3.05) is 39.5 Å². The van der Waals surface area contributed by atoms with E-state index < -0.39 is 5.60 Å². The molecule has 25 heavy (non-hydrogen) atoms. The number of aliphatic hydroxyl groups is 1. The summed E-state index contributed by atoms with van der Waals surface area (Å²) >= 11 is 0. The predicted molar refractivity (Wildman–Crippen MR) is 98.2 cm³/mol. The maximum atomic E-state index is 12.6. The highest BCUT2D eigenvalue weighted by Gasteiger charge is 2.31. The number of nitrogens with zero attached hydrogens (tertiary/aromatic N) is 4. The summed E-state index contributed by atoms with van der Waals surface area (Å²) in [7, 11) is 3.93. The van der Waals surface area contributed by atoms with Crippen LogP contribution in [-0.4, -0.2) is 70.1 Å². The zero-order chi connectivity index (χ0) is 18.6. The third kappa shape index (κ3) is 5.37. The first kappa shape index (κ1) is 19.6. The maximum absolute atomic E-state index is 12.6. The van der Waals surface area contributed by atoms with Crippen molar-refractivity contribution < 1.29 is 9.90 Å². The van der Waals surface area contributed by atoms with Crippen LogP contribution in [0.2, 0.25) is 0 Å². The van der Waals surface area contributed by atoms with Crippen LogP contribution in [0.5, 0.6) is 0 Å². The first-order valence-electron chi connectivity index (χ1n) is 8.95. The molecule has 0 spiro atoms. The molecule has 2 heterocycles. The van der Waals surface area contributed by atoms with Crippen molar-refractivity contribution in [3.8, 4) is 0 Å². The van der Waals surface area contributed by atoms with Gasteiger partial charge >= 0.3 is 0 Å². The fraction of sp³-hybridized carbons (Fsp3) is 0.722. The van der Waals surface area contributed by atoms with E-state index in [-0.39, 0.29) is 11.9 Å². The van der Waals surface area contributed by atoms with Crippen molar-refractivity contribution in [3.05, 3.63) is 17.0 Å². The van der Waals surface area contributed by atoms with Crippen molar-refractivity contribution in [3.63, 3.8) is 0 Å². The van der Waals surface area contributed by atoms with E-state index in [1.54, 1.807) is 0 Å². The Labute approximate surface area is 150 Å². The highest BCUT2D eigenvalue weighted by molar-refractivity contribution is 5.76. The number of likely N-dealkylation sites (tertiary alicyclic amines) is 1. The number of aromatic nitrogens is 2. The molecule has 140 valence electrons. The van der Waals surface area contributed by atoms with Gasteiger partial charge in [0.2, 0.25) is 11.9 Å². The van der Waals surface area contributed by atoms with Gasteiger partial charge in [-0.15, -0.1) is 0 Å². The lowest BCUT2D eigenvalue weighted by Crippen LogP contribution is -2.41. The number of aryl methyl sites for hydroxylation is 2. The first-order valence-corrected chi connectivity index (χ1v) is 8.95. The number of hydrogen-bond acceptors (Lipinski definition) is 6. The second-order valence-electron chi connectivity index (χ2n) is 7.43. The number of likely N-dealkylation sites (N-methyl/N-ethyl adjacent to an activating group) is 1. The molecule has 2 rings (SSSR count). The molecular formula is C18H31N5O2. The van der Waals surface area contributed by atoms with Crippen LogP contribution in [0.3, 0.4) is 0 Å². The molecule has 0 bridgehead atoms. The molecule has 0 aromatic carbocycles. The minimum absolute atomic E-state index is 0.129. The van der Waals surface area contributed by atoms with E-state index in [0.717, 1.165) is 29.8 Å². The monoisotopic (exact) mass is 349 g/mol. The van der Waals surface area contributed by atoms with Gasteiger partial charge < -0.3 is 20.6 Å². The van der Waals surface area contributed by atoms with Gasteiger partial charge in [0.15, 0.2) is 0 Å². The topological polar surface area (TPSA) is 95.6 Å². The summed E-state index contributed by atoms with van der Waals surface area (Å²) in [6.45, 7) is 5.76. The number of nitrogen functional groups attached to an aromatic ring is 1. The fourth-order valence-electron chi connectivity index (χ4n) is 3.69. The normalized spacial score (nSPS) is 21.4. The zero-order valence-electron chi connectivity index (χ0n) is 15.9. The largest absolute Gasteiger partial charge is 0.388 e. The van der Waals surface area contributed by atoms with Crippen LogP contribution in [-0.2, 0) is 11.2 Å². The summed E-state index contributed by atoms with van der Waals surface area (Å²) in [4.78, 5) is 24.9. The van der Waals surface area contributed by atoms with Crippen LogP contribution < -0.4 is 5.73 Å². The molecule has 7 nitrogen and oxygen atoms in total. The van der Waals surface area contributed by atoms with E-state index in [1.165, 1.54) is 0 Å². The Kier molecular flexibility index (Phi) is 6.35. The molecule has 1 atom stereocenters. The van der Waals surface area contributed by atoms with E-state index in [9.17, 15) is 9.90 Å². The Balaban J connectivity index is 1.93. The number of rotatable bonds is 5. The summed E-state index contributed by atoms with van der Waals surface area (Å²) in [5.41, 5.74) is 7.64. The molecule has 1 fully saturated rings. The number of amides is 1. The van der Waals surface area contributed by atoms with Crippen molar-refractivity contribution in [2.24, 2.45) is 0 Å². The molecule has 7 heteroatoms. The average molecular weight is 349 g/mol. The summed E-state index contributed by atoms with van der Waals surface area (Å²) in [6.07, 6.45) is 3.24. The number of nitrogens with two attached hydrogens (primary N) is 1. The van der Waals surface area contributed by atoms with E-state index in [4.69, 9.17) is 5.73 Å². The molecule has 1 amide bonds. The van der Waals surface area contributed by atoms with Gasteiger partial charge in [-0.1, -0.05) is 0 Å². The summed E-state index contributed by atoms with van der Waals surface area (Å²) in [6, 6.07) is 0. The van der Waals surface area contributed by atoms with Crippen molar-refractivity contribution in [1.29, 1.82) is 0 Å². The number of hydrogen-bond donors (Lipinski definition) is 2. The summed E-state index contributed by atoms with van der Waals surface area (Å²) in [5.74, 6) is 0.405. The molecule has 1 aromatic rings. The second-order valence-corrected chi connectivity index (χ2v) is 7.43. The Morgan fingerprint density at radius 2 is 1.88 bits per heavy atom. The molecule has 1 unspecified atom stereocenters. The first-order chi connectivity index (χ1) is 11.7. The zero-order valence-corrected chi connectivity index (χ0v) is 15.9.